The van der Waals surface area contributed by atoms with Gasteiger partial charge in [-0.15, -0.1) is 0 Å². The molecule has 0 aliphatic carbocycles. The van der Waals surface area contributed by atoms with Gasteiger partial charge in [0.05, 0.1) is 6.61 Å². The van der Waals surface area contributed by atoms with Crippen LogP contribution in [-0.4, -0.2) is 43.1 Å². The minimum absolute atomic E-state index is 0.0584. The summed E-state index contributed by atoms with van der Waals surface area (Å²) in [5.41, 5.74) is 0.699. The molecule has 1 aliphatic heterocycles. The summed E-state index contributed by atoms with van der Waals surface area (Å²) in [7, 11) is 0. The second-order valence-corrected chi connectivity index (χ2v) is 7.58. The van der Waals surface area contributed by atoms with Crippen molar-refractivity contribution in [1.29, 1.82) is 0 Å². The minimum atomic E-state index is -0.242. The van der Waals surface area contributed by atoms with Crippen LogP contribution in [0.2, 0.25) is 0 Å². The first-order valence-corrected chi connectivity index (χ1v) is 9.66. The number of carbonyl (C=O) groups excluding carboxylic acids is 2. The zero-order valence-corrected chi connectivity index (χ0v) is 17.5. The number of rotatable bonds is 5. The highest BCUT2D eigenvalue weighted by atomic mass is 19.1. The maximum atomic E-state index is 13.6. The van der Waals surface area contributed by atoms with E-state index in [2.05, 4.69) is 4.74 Å². The minimum Gasteiger partial charge on any atom is -0.490 e. The van der Waals surface area contributed by atoms with Crippen molar-refractivity contribution in [2.45, 2.75) is 59.0 Å². The summed E-state index contributed by atoms with van der Waals surface area (Å²) in [5.74, 6) is 0.564. The van der Waals surface area contributed by atoms with Gasteiger partial charge in [-0.3, -0.25) is 9.59 Å². The Morgan fingerprint density at radius 1 is 1.29 bits per heavy atom. The highest BCUT2D eigenvalue weighted by molar-refractivity contribution is 5.87. The highest BCUT2D eigenvalue weighted by Gasteiger charge is 2.25. The van der Waals surface area contributed by atoms with Gasteiger partial charge < -0.3 is 14.4 Å². The average molecular weight is 393 g/mol. The number of hydrogen-bond donors (Lipinski definition) is 0. The maximum absolute atomic E-state index is 13.6. The number of nitrogens with zero attached hydrogens (tertiary/aromatic N) is 1. The number of ether oxygens (including phenoxy) is 2. The van der Waals surface area contributed by atoms with Gasteiger partial charge in [-0.2, -0.15) is 0 Å². The molecule has 156 valence electrons. The molecule has 0 bridgehead atoms. The second kappa shape index (κ2) is 11.5. The van der Waals surface area contributed by atoms with Gasteiger partial charge >= 0.3 is 0 Å². The van der Waals surface area contributed by atoms with E-state index >= 15 is 0 Å². The first-order chi connectivity index (χ1) is 13.2. The molecule has 0 unspecified atom stereocenters. The van der Waals surface area contributed by atoms with Gasteiger partial charge in [-0.1, -0.05) is 26.8 Å². The van der Waals surface area contributed by atoms with Crippen molar-refractivity contribution in [3.8, 4) is 5.75 Å². The zero-order valence-electron chi connectivity index (χ0n) is 17.5. The maximum Gasteiger partial charge on any atom is 0.293 e. The Hall–Kier alpha value is -2.37. The lowest BCUT2D eigenvalue weighted by Gasteiger charge is -2.33. The third kappa shape index (κ3) is 7.71. The quantitative estimate of drug-likeness (QED) is 0.554. The fraction of sp³-hybridized carbons (Fsp3) is 0.545. The van der Waals surface area contributed by atoms with Crippen LogP contribution in [0.5, 0.6) is 5.75 Å². The number of likely N-dealkylation sites (tertiary alicyclic amines) is 1. The van der Waals surface area contributed by atoms with Gasteiger partial charge in [0.25, 0.3) is 6.47 Å². The molecule has 1 amide bonds. The van der Waals surface area contributed by atoms with Crippen LogP contribution in [0.1, 0.15) is 53.0 Å². The Balaban J connectivity index is 0.000000696. The normalized spacial score (nSPS) is 15.0. The van der Waals surface area contributed by atoms with E-state index in [0.29, 0.717) is 26.2 Å². The van der Waals surface area contributed by atoms with E-state index in [0.717, 1.165) is 24.2 Å². The lowest BCUT2D eigenvalue weighted by Crippen LogP contribution is -2.41. The molecule has 1 aromatic rings. The predicted octanol–water partition coefficient (Wildman–Crippen LogP) is 4.25. The van der Waals surface area contributed by atoms with Crippen molar-refractivity contribution in [1.82, 2.24) is 4.90 Å². The Labute approximate surface area is 167 Å². The molecule has 1 fully saturated rings. The fourth-order valence-corrected chi connectivity index (χ4v) is 2.88. The van der Waals surface area contributed by atoms with E-state index in [9.17, 15) is 14.0 Å². The number of benzene rings is 1. The van der Waals surface area contributed by atoms with Crippen molar-refractivity contribution in [2.24, 2.45) is 0 Å². The van der Waals surface area contributed by atoms with Gasteiger partial charge in [-0.05, 0) is 43.5 Å². The Kier molecular flexibility index (Phi) is 9.69. The van der Waals surface area contributed by atoms with Crippen LogP contribution in [-0.2, 0) is 19.7 Å². The van der Waals surface area contributed by atoms with Gasteiger partial charge in [0.15, 0.2) is 0 Å². The van der Waals surface area contributed by atoms with Crippen LogP contribution in [0.4, 0.5) is 4.39 Å². The number of allylic oxidation sites excluding steroid dienone is 1. The second-order valence-electron chi connectivity index (χ2n) is 7.58. The van der Waals surface area contributed by atoms with Gasteiger partial charge in [-0.25, -0.2) is 4.39 Å². The van der Waals surface area contributed by atoms with Crippen LogP contribution in [0.15, 0.2) is 30.4 Å². The summed E-state index contributed by atoms with van der Waals surface area (Å²) in [6.45, 7) is 12.0. The Morgan fingerprint density at radius 3 is 2.39 bits per heavy atom. The van der Waals surface area contributed by atoms with Crippen LogP contribution >= 0.6 is 0 Å². The SMILES string of the molecule is C/C=C/C(=O)N1CCC(Oc2ccc(F)cc2C(C)(C)C)CC1.CCOC=O. The predicted molar refractivity (Wildman–Crippen MR) is 108 cm³/mol. The van der Waals surface area contributed by atoms with Crippen molar-refractivity contribution in [2.75, 3.05) is 19.7 Å². The summed E-state index contributed by atoms with van der Waals surface area (Å²) < 4.78 is 23.8. The van der Waals surface area contributed by atoms with Crippen LogP contribution in [0.25, 0.3) is 0 Å². The third-order valence-electron chi connectivity index (χ3n) is 4.34. The number of hydrogen-bond acceptors (Lipinski definition) is 4. The summed E-state index contributed by atoms with van der Waals surface area (Å²) in [6.07, 6.45) is 5.02. The van der Waals surface area contributed by atoms with E-state index in [-0.39, 0.29) is 23.2 Å². The number of carbonyl (C=O) groups is 2. The molecule has 0 aromatic heterocycles. The molecule has 0 radical (unpaired) electrons. The monoisotopic (exact) mass is 393 g/mol. The first kappa shape index (κ1) is 23.7. The Bertz CT molecular complexity index is 659. The summed E-state index contributed by atoms with van der Waals surface area (Å²) >= 11 is 0. The highest BCUT2D eigenvalue weighted by Crippen LogP contribution is 2.33. The molecule has 1 saturated heterocycles. The molecule has 1 aromatic carbocycles. The van der Waals surface area contributed by atoms with Crippen molar-refractivity contribution in [3.63, 3.8) is 0 Å². The van der Waals surface area contributed by atoms with Crippen molar-refractivity contribution in [3.05, 3.63) is 41.7 Å². The van der Waals surface area contributed by atoms with Gasteiger partial charge in [0.2, 0.25) is 5.91 Å². The molecule has 2 rings (SSSR count). The van der Waals surface area contributed by atoms with E-state index in [1.165, 1.54) is 6.07 Å². The molecule has 0 saturated carbocycles. The van der Waals surface area contributed by atoms with E-state index in [1.807, 2.05) is 32.6 Å². The molecule has 1 aliphatic rings. The number of piperidine rings is 1. The largest absolute Gasteiger partial charge is 0.490 e. The van der Waals surface area contributed by atoms with Gasteiger partial charge in [0.1, 0.15) is 17.7 Å². The first-order valence-electron chi connectivity index (χ1n) is 9.66. The topological polar surface area (TPSA) is 55.8 Å². The lowest BCUT2D eigenvalue weighted by atomic mass is 9.86. The standard InChI is InChI=1S/C19H26FNO2.C3H6O2/c1-5-6-18(22)21-11-9-15(10-12-21)23-17-8-7-14(20)13-16(17)19(2,3)4;1-2-5-3-4/h5-8,13,15H,9-12H2,1-4H3;3H,2H2,1H3/b6-5+;. The molecule has 0 N–H and O–H groups in total. The van der Waals surface area contributed by atoms with E-state index in [1.54, 1.807) is 31.2 Å². The molecule has 6 heteroatoms. The van der Waals surface area contributed by atoms with Crippen LogP contribution in [0, 0.1) is 5.82 Å². The fourth-order valence-electron chi connectivity index (χ4n) is 2.88. The van der Waals surface area contributed by atoms with Gasteiger partial charge in [0, 0.05) is 31.5 Å². The van der Waals surface area contributed by atoms with E-state index in [4.69, 9.17) is 4.74 Å². The molecule has 5 nitrogen and oxygen atoms in total. The molecule has 0 spiro atoms. The molecule has 28 heavy (non-hydrogen) atoms. The number of amides is 1. The molecular formula is C22H32FNO4. The zero-order chi connectivity index (χ0) is 21.2. The number of halogens is 1. The molecule has 1 heterocycles. The van der Waals surface area contributed by atoms with Crippen LogP contribution in [0.3, 0.4) is 0 Å². The summed E-state index contributed by atoms with van der Waals surface area (Å²) in [4.78, 5) is 22.9. The summed E-state index contributed by atoms with van der Waals surface area (Å²) in [6, 6.07) is 4.71. The molecule has 0 atom stereocenters. The third-order valence-corrected chi connectivity index (χ3v) is 4.34. The smallest absolute Gasteiger partial charge is 0.293 e. The van der Waals surface area contributed by atoms with Crippen molar-refractivity contribution < 1.29 is 23.5 Å². The summed E-state index contributed by atoms with van der Waals surface area (Å²) in [5, 5.41) is 0. The Morgan fingerprint density at radius 2 is 1.93 bits per heavy atom. The van der Waals surface area contributed by atoms with E-state index < -0.39 is 0 Å². The molecular weight excluding hydrogens is 361 g/mol. The van der Waals surface area contributed by atoms with Crippen LogP contribution < -0.4 is 4.74 Å². The average Bonchev–Trinajstić information content (AvgIpc) is 2.64. The lowest BCUT2D eigenvalue weighted by molar-refractivity contribution is -0.128. The van der Waals surface area contributed by atoms with Crippen molar-refractivity contribution >= 4 is 12.4 Å².